The van der Waals surface area contributed by atoms with Gasteiger partial charge < -0.3 is 24.8 Å². The van der Waals surface area contributed by atoms with Crippen LogP contribution in [0.4, 0.5) is 5.82 Å². The highest BCUT2D eigenvalue weighted by atomic mass is 16.5. The Morgan fingerprint density at radius 1 is 1.41 bits per heavy atom. The molecule has 9 nitrogen and oxygen atoms in total. The lowest BCUT2D eigenvalue weighted by atomic mass is 9.98. The van der Waals surface area contributed by atoms with Crippen molar-refractivity contribution in [3.63, 3.8) is 0 Å². The molecular formula is C20H26N6O3. The topological polar surface area (TPSA) is 103 Å². The van der Waals surface area contributed by atoms with E-state index in [1.165, 1.54) is 6.08 Å². The molecule has 2 aromatic heterocycles. The van der Waals surface area contributed by atoms with E-state index in [0.717, 1.165) is 6.42 Å². The second-order valence-electron chi connectivity index (χ2n) is 8.09. The van der Waals surface area contributed by atoms with Crippen LogP contribution < -0.4 is 10.2 Å². The molecule has 4 rings (SSSR count). The number of nitrogens with one attached hydrogen (secondary N) is 2. The molecule has 2 aliphatic heterocycles. The maximum absolute atomic E-state index is 12.7. The number of piperazine rings is 1. The Labute approximate surface area is 169 Å². The number of aromatic amines is 1. The average Bonchev–Trinajstić information content (AvgIpc) is 3.35. The number of carbonyl (C=O) groups is 2. The summed E-state index contributed by atoms with van der Waals surface area (Å²) in [6.45, 7) is 10.6. The Bertz CT molecular complexity index is 947. The molecule has 9 heteroatoms. The number of hydrogen-bond donors (Lipinski definition) is 2. The molecule has 0 aromatic carbocycles. The number of nitrogens with zero attached hydrogens (tertiary/aromatic N) is 4. The van der Waals surface area contributed by atoms with Crippen LogP contribution in [0, 0.1) is 0 Å². The van der Waals surface area contributed by atoms with Crippen LogP contribution >= 0.6 is 0 Å². The van der Waals surface area contributed by atoms with Gasteiger partial charge in [-0.15, -0.1) is 0 Å². The van der Waals surface area contributed by atoms with Gasteiger partial charge in [0.15, 0.2) is 5.65 Å². The molecule has 2 N–H and O–H groups in total. The molecule has 0 saturated carbocycles. The van der Waals surface area contributed by atoms with E-state index in [1.54, 1.807) is 12.4 Å². The average molecular weight is 398 g/mol. The quantitative estimate of drug-likeness (QED) is 0.748. The summed E-state index contributed by atoms with van der Waals surface area (Å²) in [4.78, 5) is 40.9. The van der Waals surface area contributed by atoms with Gasteiger partial charge in [0.05, 0.1) is 29.9 Å². The SMILES string of the molecule is C=CC(=O)N1CCN(c2cnc3[nH]cc(C(=O)NC4CCOC4)c3n2)CC1(C)C. The van der Waals surface area contributed by atoms with Crippen molar-refractivity contribution >= 4 is 28.8 Å². The van der Waals surface area contributed by atoms with Crippen LogP contribution in [0.3, 0.4) is 0 Å². The summed E-state index contributed by atoms with van der Waals surface area (Å²) in [6, 6.07) is 0.0277. The van der Waals surface area contributed by atoms with E-state index in [1.807, 2.05) is 18.7 Å². The fraction of sp³-hybridized carbons (Fsp3) is 0.500. The number of hydrogen-bond acceptors (Lipinski definition) is 6. The van der Waals surface area contributed by atoms with E-state index in [4.69, 9.17) is 9.72 Å². The molecule has 2 aromatic rings. The van der Waals surface area contributed by atoms with Gasteiger partial charge >= 0.3 is 0 Å². The maximum Gasteiger partial charge on any atom is 0.255 e. The summed E-state index contributed by atoms with van der Waals surface area (Å²) < 4.78 is 5.32. The monoisotopic (exact) mass is 398 g/mol. The van der Waals surface area contributed by atoms with Crippen LogP contribution in [0.25, 0.3) is 11.2 Å². The minimum atomic E-state index is -0.374. The summed E-state index contributed by atoms with van der Waals surface area (Å²) in [6.07, 6.45) is 5.51. The van der Waals surface area contributed by atoms with Gasteiger partial charge in [-0.25, -0.2) is 9.97 Å². The largest absolute Gasteiger partial charge is 0.379 e. The third-order valence-electron chi connectivity index (χ3n) is 5.54. The lowest BCUT2D eigenvalue weighted by molar-refractivity contribution is -0.131. The molecule has 0 aliphatic carbocycles. The Morgan fingerprint density at radius 3 is 2.93 bits per heavy atom. The minimum absolute atomic E-state index is 0.0277. The number of rotatable bonds is 4. The molecule has 2 amide bonds. The number of ether oxygens (including phenoxy) is 1. The maximum atomic E-state index is 12.7. The van der Waals surface area contributed by atoms with E-state index in [-0.39, 0.29) is 23.4 Å². The predicted molar refractivity (Wildman–Crippen MR) is 109 cm³/mol. The highest BCUT2D eigenvalue weighted by Gasteiger charge is 2.36. The van der Waals surface area contributed by atoms with Crippen molar-refractivity contribution in [3.05, 3.63) is 30.6 Å². The van der Waals surface area contributed by atoms with Crippen molar-refractivity contribution in [2.75, 3.05) is 37.7 Å². The molecule has 1 unspecified atom stereocenters. The first kappa shape index (κ1) is 19.4. The number of anilines is 1. The number of fused-ring (bicyclic) bond motifs is 1. The fourth-order valence-electron chi connectivity index (χ4n) is 3.99. The van der Waals surface area contributed by atoms with Crippen LogP contribution in [0.15, 0.2) is 25.0 Å². The molecule has 29 heavy (non-hydrogen) atoms. The van der Waals surface area contributed by atoms with Crippen molar-refractivity contribution < 1.29 is 14.3 Å². The van der Waals surface area contributed by atoms with E-state index in [9.17, 15) is 9.59 Å². The van der Waals surface area contributed by atoms with Crippen molar-refractivity contribution in [1.82, 2.24) is 25.2 Å². The third kappa shape index (κ3) is 3.69. The highest BCUT2D eigenvalue weighted by molar-refractivity contribution is 6.04. The Hall–Kier alpha value is -2.94. The first-order valence-corrected chi connectivity index (χ1v) is 9.81. The van der Waals surface area contributed by atoms with Crippen LogP contribution in [0.2, 0.25) is 0 Å². The summed E-state index contributed by atoms with van der Waals surface area (Å²) in [7, 11) is 0. The second kappa shape index (κ2) is 7.47. The van der Waals surface area contributed by atoms with Crippen molar-refractivity contribution in [1.29, 1.82) is 0 Å². The van der Waals surface area contributed by atoms with Gasteiger partial charge in [-0.3, -0.25) is 9.59 Å². The molecule has 1 atom stereocenters. The second-order valence-corrected chi connectivity index (χ2v) is 8.09. The predicted octanol–water partition coefficient (Wildman–Crippen LogP) is 1.09. The molecule has 2 saturated heterocycles. The van der Waals surface area contributed by atoms with Gasteiger partial charge in [0.1, 0.15) is 11.3 Å². The number of H-pyrrole nitrogens is 1. The van der Waals surface area contributed by atoms with Crippen molar-refractivity contribution in [3.8, 4) is 0 Å². The summed E-state index contributed by atoms with van der Waals surface area (Å²) >= 11 is 0. The lowest BCUT2D eigenvalue weighted by Gasteiger charge is -2.47. The van der Waals surface area contributed by atoms with Crippen molar-refractivity contribution in [2.24, 2.45) is 0 Å². The van der Waals surface area contributed by atoms with Crippen LogP contribution in [0.1, 0.15) is 30.6 Å². The molecule has 154 valence electrons. The summed E-state index contributed by atoms with van der Waals surface area (Å²) in [5, 5.41) is 2.99. The summed E-state index contributed by atoms with van der Waals surface area (Å²) in [5.74, 6) is 0.436. The van der Waals surface area contributed by atoms with Gasteiger partial charge in [0.2, 0.25) is 5.91 Å². The number of aromatic nitrogens is 3. The molecule has 0 spiro atoms. The third-order valence-corrected chi connectivity index (χ3v) is 5.54. The number of amides is 2. The van der Waals surface area contributed by atoms with Gasteiger partial charge in [-0.1, -0.05) is 6.58 Å². The molecular weight excluding hydrogens is 372 g/mol. The molecule has 0 bridgehead atoms. The Kier molecular flexibility index (Phi) is 4.99. The number of carbonyl (C=O) groups excluding carboxylic acids is 2. The van der Waals surface area contributed by atoms with E-state index in [2.05, 4.69) is 26.8 Å². The molecule has 4 heterocycles. The Morgan fingerprint density at radius 2 is 2.24 bits per heavy atom. The van der Waals surface area contributed by atoms with Crippen LogP contribution in [-0.2, 0) is 9.53 Å². The summed E-state index contributed by atoms with van der Waals surface area (Å²) in [5.41, 5.74) is 1.21. The normalized spacial score (nSPS) is 21.4. The molecule has 0 radical (unpaired) electrons. The standard InChI is InChI=1S/C20H26N6O3/c1-4-16(27)26-7-6-25(12-20(26,2)3)15-10-22-18-17(24-15)14(9-21-18)19(28)23-13-5-8-29-11-13/h4,9-10,13H,1,5-8,11-12H2,2-3H3,(H,21,22)(H,23,28). The first-order valence-electron chi connectivity index (χ1n) is 9.81. The van der Waals surface area contributed by atoms with Crippen LogP contribution in [-0.4, -0.2) is 76.1 Å². The lowest BCUT2D eigenvalue weighted by Crippen LogP contribution is -2.61. The smallest absolute Gasteiger partial charge is 0.255 e. The first-order chi connectivity index (χ1) is 13.9. The zero-order valence-corrected chi connectivity index (χ0v) is 16.8. The van der Waals surface area contributed by atoms with Gasteiger partial charge in [-0.05, 0) is 26.3 Å². The molecule has 2 aliphatic rings. The van der Waals surface area contributed by atoms with E-state index < -0.39 is 0 Å². The van der Waals surface area contributed by atoms with E-state index >= 15 is 0 Å². The Balaban J connectivity index is 1.56. The fourth-order valence-corrected chi connectivity index (χ4v) is 3.99. The van der Waals surface area contributed by atoms with Gasteiger partial charge in [0, 0.05) is 32.4 Å². The van der Waals surface area contributed by atoms with Crippen LogP contribution in [0.5, 0.6) is 0 Å². The zero-order valence-electron chi connectivity index (χ0n) is 16.8. The zero-order chi connectivity index (χ0) is 20.6. The molecule has 2 fully saturated rings. The minimum Gasteiger partial charge on any atom is -0.379 e. The van der Waals surface area contributed by atoms with Gasteiger partial charge in [0.25, 0.3) is 5.91 Å². The highest BCUT2D eigenvalue weighted by Crippen LogP contribution is 2.26. The van der Waals surface area contributed by atoms with E-state index in [0.29, 0.717) is 55.4 Å². The van der Waals surface area contributed by atoms with Gasteiger partial charge in [-0.2, -0.15) is 0 Å². The van der Waals surface area contributed by atoms with Crippen molar-refractivity contribution in [2.45, 2.75) is 31.8 Å².